The summed E-state index contributed by atoms with van der Waals surface area (Å²) in [6.07, 6.45) is 5.22. The second kappa shape index (κ2) is 16.6. The molecular weight excluding hydrogens is 490 g/mol. The molecule has 7 nitrogen and oxygen atoms in total. The number of nitrogens with one attached hydrogen (secondary N) is 2. The first-order valence-corrected chi connectivity index (χ1v) is 14.3. The molecule has 2 rings (SSSR count). The van der Waals surface area contributed by atoms with E-state index in [9.17, 15) is 14.4 Å². The van der Waals surface area contributed by atoms with Gasteiger partial charge in [-0.25, -0.2) is 4.79 Å². The van der Waals surface area contributed by atoms with Crippen molar-refractivity contribution >= 4 is 17.9 Å². The van der Waals surface area contributed by atoms with Crippen LogP contribution in [0.2, 0.25) is 0 Å². The highest BCUT2D eigenvalue weighted by Crippen LogP contribution is 2.24. The predicted octanol–water partition coefficient (Wildman–Crippen LogP) is 6.19. The summed E-state index contributed by atoms with van der Waals surface area (Å²) in [5.74, 6) is -0.517. The van der Waals surface area contributed by atoms with Crippen LogP contribution in [0, 0.1) is 0 Å². The maximum absolute atomic E-state index is 14.3. The molecule has 0 aromatic heterocycles. The molecule has 2 aromatic rings. The van der Waals surface area contributed by atoms with Gasteiger partial charge in [-0.1, -0.05) is 100 Å². The summed E-state index contributed by atoms with van der Waals surface area (Å²) in [5, 5.41) is 5.87. The zero-order chi connectivity index (χ0) is 28.7. The van der Waals surface area contributed by atoms with Crippen molar-refractivity contribution in [3.8, 4) is 0 Å². The van der Waals surface area contributed by atoms with Gasteiger partial charge in [-0.05, 0) is 44.7 Å². The van der Waals surface area contributed by atoms with Crippen LogP contribution in [0.4, 0.5) is 4.79 Å². The second-order valence-electron chi connectivity index (χ2n) is 10.9. The van der Waals surface area contributed by atoms with Gasteiger partial charge in [-0.15, -0.1) is 0 Å². The van der Waals surface area contributed by atoms with Crippen molar-refractivity contribution in [3.05, 3.63) is 71.8 Å². The normalized spacial score (nSPS) is 12.7. The highest BCUT2D eigenvalue weighted by atomic mass is 16.6. The molecule has 0 bridgehead atoms. The molecular formula is C32H47N3O4. The molecule has 0 aliphatic heterocycles. The zero-order valence-corrected chi connectivity index (χ0v) is 24.4. The molecule has 2 unspecified atom stereocenters. The van der Waals surface area contributed by atoms with Crippen LogP contribution in [-0.2, 0) is 20.7 Å². The van der Waals surface area contributed by atoms with Crippen LogP contribution in [0.1, 0.15) is 90.3 Å². The first-order valence-electron chi connectivity index (χ1n) is 14.3. The summed E-state index contributed by atoms with van der Waals surface area (Å²) in [4.78, 5) is 42.5. The minimum Gasteiger partial charge on any atom is -0.444 e. The maximum atomic E-state index is 14.3. The quantitative estimate of drug-likeness (QED) is 0.265. The number of hydrogen-bond acceptors (Lipinski definition) is 4. The zero-order valence-electron chi connectivity index (χ0n) is 24.4. The van der Waals surface area contributed by atoms with Crippen molar-refractivity contribution in [3.63, 3.8) is 0 Å². The largest absolute Gasteiger partial charge is 0.444 e. The molecule has 2 atom stereocenters. The van der Waals surface area contributed by atoms with Gasteiger partial charge >= 0.3 is 6.09 Å². The first-order chi connectivity index (χ1) is 18.7. The van der Waals surface area contributed by atoms with Gasteiger partial charge in [-0.2, -0.15) is 0 Å². The van der Waals surface area contributed by atoms with E-state index in [-0.39, 0.29) is 18.2 Å². The lowest BCUT2D eigenvalue weighted by molar-refractivity contribution is -0.142. The molecule has 39 heavy (non-hydrogen) atoms. The van der Waals surface area contributed by atoms with Gasteiger partial charge in [0.25, 0.3) is 0 Å². The Balaban J connectivity index is 2.45. The van der Waals surface area contributed by atoms with Crippen molar-refractivity contribution in [2.24, 2.45) is 0 Å². The fourth-order valence-corrected chi connectivity index (χ4v) is 4.39. The van der Waals surface area contributed by atoms with Crippen LogP contribution in [0.5, 0.6) is 0 Å². The summed E-state index contributed by atoms with van der Waals surface area (Å²) in [6.45, 7) is 10.5. The third-order valence-electron chi connectivity index (χ3n) is 6.31. The average Bonchev–Trinajstić information content (AvgIpc) is 2.90. The van der Waals surface area contributed by atoms with Crippen molar-refractivity contribution in [2.75, 3.05) is 13.1 Å². The Labute approximate surface area is 234 Å². The number of amides is 3. The lowest BCUT2D eigenvalue weighted by atomic mass is 9.99. The molecule has 0 heterocycles. The Bertz CT molecular complexity index is 1010. The van der Waals surface area contributed by atoms with Gasteiger partial charge in [-0.3, -0.25) is 9.59 Å². The Morgan fingerprint density at radius 3 is 2.03 bits per heavy atom. The minimum atomic E-state index is -0.900. The number of carbonyl (C=O) groups excluding carboxylic acids is 3. The van der Waals surface area contributed by atoms with Gasteiger partial charge < -0.3 is 20.3 Å². The topological polar surface area (TPSA) is 87.7 Å². The third-order valence-corrected chi connectivity index (χ3v) is 6.31. The summed E-state index contributed by atoms with van der Waals surface area (Å²) in [6, 6.07) is 17.3. The van der Waals surface area contributed by atoms with Gasteiger partial charge in [0, 0.05) is 19.5 Å². The SMILES string of the molecule is CCCCCNC(=O)C(c1ccccc1)N(CCCCC)C(=O)C(Cc1ccccc1)NC(=O)OC(C)(C)C. The number of ether oxygens (including phenoxy) is 1. The van der Waals surface area contributed by atoms with Crippen LogP contribution < -0.4 is 10.6 Å². The maximum Gasteiger partial charge on any atom is 0.408 e. The Kier molecular flexibility index (Phi) is 13.5. The molecule has 2 N–H and O–H groups in total. The van der Waals surface area contributed by atoms with Crippen molar-refractivity contribution in [1.29, 1.82) is 0 Å². The number of alkyl carbamates (subject to hydrolysis) is 1. The van der Waals surface area contributed by atoms with Gasteiger partial charge in [0.2, 0.25) is 11.8 Å². The fourth-order valence-electron chi connectivity index (χ4n) is 4.39. The molecule has 0 saturated carbocycles. The van der Waals surface area contributed by atoms with E-state index in [1.807, 2.05) is 60.7 Å². The molecule has 3 amide bonds. The fraction of sp³-hybridized carbons (Fsp3) is 0.531. The van der Waals surface area contributed by atoms with Crippen LogP contribution in [0.25, 0.3) is 0 Å². The highest BCUT2D eigenvalue weighted by Gasteiger charge is 2.36. The Hall–Kier alpha value is -3.35. The summed E-state index contributed by atoms with van der Waals surface area (Å²) in [5.41, 5.74) is 0.933. The van der Waals surface area contributed by atoms with E-state index in [0.717, 1.165) is 49.7 Å². The number of rotatable bonds is 15. The number of hydrogen-bond donors (Lipinski definition) is 2. The standard InChI is InChI=1S/C32H47N3O4/c1-6-8-16-22-33-29(36)28(26-20-14-11-15-21-26)35(23-17-9-7-2)30(37)27(24-25-18-12-10-13-19-25)34-31(38)39-32(3,4)5/h10-15,18-21,27-28H,6-9,16-17,22-24H2,1-5H3,(H,33,36)(H,34,38). The van der Waals surface area contributed by atoms with Gasteiger partial charge in [0.1, 0.15) is 17.7 Å². The van der Waals surface area contributed by atoms with Crippen LogP contribution >= 0.6 is 0 Å². The second-order valence-corrected chi connectivity index (χ2v) is 10.9. The number of carbonyl (C=O) groups is 3. The molecule has 0 radical (unpaired) electrons. The third kappa shape index (κ3) is 11.5. The summed E-state index contributed by atoms with van der Waals surface area (Å²) >= 11 is 0. The molecule has 2 aromatic carbocycles. The van der Waals surface area contributed by atoms with Crippen LogP contribution in [0.15, 0.2) is 60.7 Å². The highest BCUT2D eigenvalue weighted by molar-refractivity contribution is 5.92. The lowest BCUT2D eigenvalue weighted by Gasteiger charge is -2.34. The van der Waals surface area contributed by atoms with E-state index >= 15 is 0 Å². The lowest BCUT2D eigenvalue weighted by Crippen LogP contribution is -2.54. The molecule has 0 aliphatic rings. The van der Waals surface area contributed by atoms with Crippen LogP contribution in [0.3, 0.4) is 0 Å². The van der Waals surface area contributed by atoms with Crippen molar-refractivity contribution in [2.45, 2.75) is 97.2 Å². The van der Waals surface area contributed by atoms with Crippen LogP contribution in [-0.4, -0.2) is 47.5 Å². The number of benzene rings is 2. The molecule has 0 aliphatic carbocycles. The smallest absolute Gasteiger partial charge is 0.408 e. The van der Waals surface area contributed by atoms with E-state index < -0.39 is 23.8 Å². The Morgan fingerprint density at radius 2 is 1.44 bits per heavy atom. The molecule has 0 fully saturated rings. The van der Waals surface area contributed by atoms with Gasteiger partial charge in [0.15, 0.2) is 0 Å². The number of unbranched alkanes of at least 4 members (excludes halogenated alkanes) is 4. The minimum absolute atomic E-state index is 0.210. The van der Waals surface area contributed by atoms with Gasteiger partial charge in [0.05, 0.1) is 0 Å². The molecule has 214 valence electrons. The van der Waals surface area contributed by atoms with E-state index in [0.29, 0.717) is 13.1 Å². The number of nitrogens with zero attached hydrogens (tertiary/aromatic N) is 1. The average molecular weight is 538 g/mol. The molecule has 0 saturated heterocycles. The predicted molar refractivity (Wildman–Crippen MR) is 156 cm³/mol. The first kappa shape index (κ1) is 31.9. The van der Waals surface area contributed by atoms with E-state index in [1.54, 1.807) is 25.7 Å². The monoisotopic (exact) mass is 537 g/mol. The van der Waals surface area contributed by atoms with E-state index in [1.165, 1.54) is 0 Å². The van der Waals surface area contributed by atoms with Crippen molar-refractivity contribution in [1.82, 2.24) is 15.5 Å². The van der Waals surface area contributed by atoms with E-state index in [2.05, 4.69) is 24.5 Å². The van der Waals surface area contributed by atoms with Crippen molar-refractivity contribution < 1.29 is 19.1 Å². The molecule has 7 heteroatoms. The Morgan fingerprint density at radius 1 is 0.846 bits per heavy atom. The summed E-state index contributed by atoms with van der Waals surface area (Å²) in [7, 11) is 0. The molecule has 0 spiro atoms. The summed E-state index contributed by atoms with van der Waals surface area (Å²) < 4.78 is 5.50. The van der Waals surface area contributed by atoms with E-state index in [4.69, 9.17) is 4.74 Å².